The van der Waals surface area contributed by atoms with Crippen LogP contribution in [-0.2, 0) is 4.79 Å². The second-order valence-corrected chi connectivity index (χ2v) is 9.84. The molecule has 5 rings (SSSR count). The second kappa shape index (κ2) is 12.7. The second-order valence-electron chi connectivity index (χ2n) is 9.84. The summed E-state index contributed by atoms with van der Waals surface area (Å²) >= 11 is 0. The van der Waals surface area contributed by atoms with Gasteiger partial charge in [-0.2, -0.15) is 26.3 Å². The maximum absolute atomic E-state index is 13.4. The van der Waals surface area contributed by atoms with Crippen LogP contribution in [0.2, 0.25) is 0 Å². The fraction of sp³-hybridized carbons (Fsp3) is 0.258. The fourth-order valence-corrected chi connectivity index (χ4v) is 4.53. The molecule has 43 heavy (non-hydrogen) atoms. The SMILES string of the molecule is Cc1ccc(C2=C(N3C(=O)c4ccccc4C3=O)C(=O)NC(C(F)(F)F)C2)cc1.FC(F)(F)CCCOc1ccccc1. The van der Waals surface area contributed by atoms with Gasteiger partial charge in [0.25, 0.3) is 17.7 Å². The maximum atomic E-state index is 13.4. The molecule has 3 amide bonds. The molecule has 0 aromatic heterocycles. The maximum Gasteiger partial charge on any atom is 0.408 e. The van der Waals surface area contributed by atoms with Crippen LogP contribution in [0.1, 0.15) is 51.1 Å². The molecule has 0 radical (unpaired) electrons. The quantitative estimate of drug-likeness (QED) is 0.190. The van der Waals surface area contributed by atoms with Crippen molar-refractivity contribution in [2.75, 3.05) is 6.61 Å². The van der Waals surface area contributed by atoms with Crippen molar-refractivity contribution in [1.82, 2.24) is 10.2 Å². The third kappa shape index (κ3) is 7.62. The van der Waals surface area contributed by atoms with Crippen molar-refractivity contribution in [3.05, 3.63) is 107 Å². The van der Waals surface area contributed by atoms with E-state index in [0.29, 0.717) is 16.2 Å². The predicted molar refractivity (Wildman–Crippen MR) is 145 cm³/mol. The third-order valence-electron chi connectivity index (χ3n) is 6.64. The van der Waals surface area contributed by atoms with Gasteiger partial charge in [-0.25, -0.2) is 4.90 Å². The predicted octanol–water partition coefficient (Wildman–Crippen LogP) is 6.86. The van der Waals surface area contributed by atoms with Gasteiger partial charge in [0.1, 0.15) is 17.5 Å². The van der Waals surface area contributed by atoms with Crippen molar-refractivity contribution in [3.8, 4) is 5.75 Å². The molecule has 2 aliphatic heterocycles. The molecular weight excluding hydrogens is 578 g/mol. The third-order valence-corrected chi connectivity index (χ3v) is 6.64. The smallest absolute Gasteiger partial charge is 0.408 e. The number of aryl methyl sites for hydroxylation is 1. The highest BCUT2D eigenvalue weighted by Crippen LogP contribution is 2.38. The van der Waals surface area contributed by atoms with Crippen LogP contribution in [0, 0.1) is 6.92 Å². The van der Waals surface area contributed by atoms with Crippen LogP contribution in [0.3, 0.4) is 0 Å². The topological polar surface area (TPSA) is 75.7 Å². The minimum atomic E-state index is -4.67. The van der Waals surface area contributed by atoms with Gasteiger partial charge in [-0.15, -0.1) is 0 Å². The Morgan fingerprint density at radius 1 is 0.814 bits per heavy atom. The van der Waals surface area contributed by atoms with Crippen LogP contribution in [0.4, 0.5) is 26.3 Å². The molecule has 2 heterocycles. The number of para-hydroxylation sites is 1. The standard InChI is InChI=1S/C21H15F3N2O3.C10H11F3O/c1-11-6-8-12(9-7-11)15-10-16(21(22,23)24)25-18(27)17(15)26-19(28)13-4-2-3-5-14(13)20(26)29;11-10(12,13)7-4-8-14-9-5-2-1-3-6-9/h2-9,16H,10H2,1H3,(H,25,27);1-3,5-6H,4,7-8H2. The van der Waals surface area contributed by atoms with Crippen molar-refractivity contribution in [1.29, 1.82) is 0 Å². The summed E-state index contributed by atoms with van der Waals surface area (Å²) in [7, 11) is 0. The highest BCUT2D eigenvalue weighted by molar-refractivity contribution is 6.26. The van der Waals surface area contributed by atoms with E-state index in [9.17, 15) is 40.7 Å². The number of imide groups is 1. The van der Waals surface area contributed by atoms with Crippen LogP contribution >= 0.6 is 0 Å². The van der Waals surface area contributed by atoms with Gasteiger partial charge >= 0.3 is 12.4 Å². The van der Waals surface area contributed by atoms with Gasteiger partial charge in [-0.3, -0.25) is 14.4 Å². The zero-order valence-electron chi connectivity index (χ0n) is 22.8. The number of ether oxygens (including phenoxy) is 1. The first-order valence-corrected chi connectivity index (χ1v) is 13.2. The number of benzene rings is 3. The van der Waals surface area contributed by atoms with E-state index < -0.39 is 49.0 Å². The Labute approximate surface area is 242 Å². The van der Waals surface area contributed by atoms with E-state index >= 15 is 0 Å². The van der Waals surface area contributed by atoms with Crippen molar-refractivity contribution < 1.29 is 45.5 Å². The lowest BCUT2D eigenvalue weighted by atomic mass is 9.91. The number of carbonyl (C=O) groups is 3. The van der Waals surface area contributed by atoms with Gasteiger partial charge in [-0.05, 0) is 48.7 Å². The Morgan fingerprint density at radius 2 is 1.37 bits per heavy atom. The van der Waals surface area contributed by atoms with Crippen LogP contribution in [-0.4, -0.2) is 47.6 Å². The zero-order chi connectivity index (χ0) is 31.4. The molecule has 0 bridgehead atoms. The van der Waals surface area contributed by atoms with Crippen LogP contribution < -0.4 is 10.1 Å². The summed E-state index contributed by atoms with van der Waals surface area (Å²) in [5, 5.41) is 1.89. The monoisotopic (exact) mass is 604 g/mol. The average Bonchev–Trinajstić information content (AvgIpc) is 3.20. The molecule has 2 aliphatic rings. The van der Waals surface area contributed by atoms with E-state index in [1.54, 1.807) is 60.7 Å². The minimum Gasteiger partial charge on any atom is -0.494 e. The molecule has 0 aliphatic carbocycles. The summed E-state index contributed by atoms with van der Waals surface area (Å²) in [5.41, 5.74) is 1.10. The van der Waals surface area contributed by atoms with E-state index in [-0.39, 0.29) is 35.4 Å². The Hall–Kier alpha value is -4.61. The highest BCUT2D eigenvalue weighted by atomic mass is 19.4. The van der Waals surface area contributed by atoms with E-state index in [1.807, 2.05) is 18.3 Å². The first kappa shape index (κ1) is 31.3. The van der Waals surface area contributed by atoms with Crippen LogP contribution in [0.5, 0.6) is 5.75 Å². The van der Waals surface area contributed by atoms with Gasteiger partial charge in [-0.1, -0.05) is 60.2 Å². The summed E-state index contributed by atoms with van der Waals surface area (Å²) in [6, 6.07) is 19.3. The summed E-state index contributed by atoms with van der Waals surface area (Å²) in [4.78, 5) is 39.1. The van der Waals surface area contributed by atoms with Gasteiger partial charge in [0.05, 0.1) is 17.7 Å². The number of amides is 3. The Balaban J connectivity index is 0.000000255. The molecule has 6 nitrogen and oxygen atoms in total. The number of alkyl halides is 6. The van der Waals surface area contributed by atoms with E-state index in [1.165, 1.54) is 12.1 Å². The molecule has 1 atom stereocenters. The number of nitrogens with one attached hydrogen (secondary N) is 1. The van der Waals surface area contributed by atoms with Crippen molar-refractivity contribution in [2.45, 2.75) is 44.6 Å². The lowest BCUT2D eigenvalue weighted by Gasteiger charge is -2.32. The normalized spacial score (nSPS) is 16.9. The van der Waals surface area contributed by atoms with Gasteiger partial charge in [0, 0.05) is 12.8 Å². The van der Waals surface area contributed by atoms with Crippen LogP contribution in [0.25, 0.3) is 5.57 Å². The van der Waals surface area contributed by atoms with E-state index in [0.717, 1.165) is 5.56 Å². The number of fused-ring (bicyclic) bond motifs is 1. The number of nitrogens with zero attached hydrogens (tertiary/aromatic N) is 1. The van der Waals surface area contributed by atoms with Crippen molar-refractivity contribution >= 4 is 23.3 Å². The molecule has 1 N–H and O–H groups in total. The van der Waals surface area contributed by atoms with Gasteiger partial charge < -0.3 is 10.1 Å². The molecule has 3 aromatic rings. The summed E-state index contributed by atoms with van der Waals surface area (Å²) < 4.78 is 80.3. The Morgan fingerprint density at radius 3 is 1.91 bits per heavy atom. The number of rotatable bonds is 6. The molecule has 0 spiro atoms. The summed E-state index contributed by atoms with van der Waals surface area (Å²) in [6.07, 6.45) is -10.1. The Bertz CT molecular complexity index is 1480. The summed E-state index contributed by atoms with van der Waals surface area (Å²) in [6.45, 7) is 1.92. The van der Waals surface area contributed by atoms with E-state index in [2.05, 4.69) is 0 Å². The average molecular weight is 605 g/mol. The fourth-order valence-electron chi connectivity index (χ4n) is 4.53. The molecule has 3 aromatic carbocycles. The molecule has 0 saturated heterocycles. The molecule has 226 valence electrons. The lowest BCUT2D eigenvalue weighted by Crippen LogP contribution is -2.52. The first-order chi connectivity index (χ1) is 20.3. The molecule has 0 fully saturated rings. The van der Waals surface area contributed by atoms with Crippen LogP contribution in [0.15, 0.2) is 84.6 Å². The number of hydrogen-bond donors (Lipinski definition) is 1. The zero-order valence-corrected chi connectivity index (χ0v) is 22.8. The highest BCUT2D eigenvalue weighted by Gasteiger charge is 2.49. The molecule has 0 saturated carbocycles. The lowest BCUT2D eigenvalue weighted by molar-refractivity contribution is -0.160. The molecule has 12 heteroatoms. The van der Waals surface area contributed by atoms with Gasteiger partial charge in [0.15, 0.2) is 0 Å². The Kier molecular flexibility index (Phi) is 9.27. The number of halogens is 6. The molecule has 1 unspecified atom stereocenters. The van der Waals surface area contributed by atoms with Crippen molar-refractivity contribution in [2.24, 2.45) is 0 Å². The number of hydrogen-bond acceptors (Lipinski definition) is 4. The van der Waals surface area contributed by atoms with Crippen molar-refractivity contribution in [3.63, 3.8) is 0 Å². The minimum absolute atomic E-state index is 0.00159. The van der Waals surface area contributed by atoms with Gasteiger partial charge in [0.2, 0.25) is 0 Å². The largest absolute Gasteiger partial charge is 0.494 e. The number of carbonyl (C=O) groups excluding carboxylic acids is 3. The van der Waals surface area contributed by atoms with E-state index in [4.69, 9.17) is 4.74 Å². The first-order valence-electron chi connectivity index (χ1n) is 13.2. The molecular formula is C31H26F6N2O4. The summed E-state index contributed by atoms with van der Waals surface area (Å²) in [5.74, 6) is -1.96.